The maximum atomic E-state index is 13.3. The molecule has 2 heterocycles. The number of benzene rings is 2. The second-order valence-corrected chi connectivity index (χ2v) is 8.43. The molecule has 1 aromatic heterocycles. The van der Waals surface area contributed by atoms with Crippen molar-refractivity contribution in [1.29, 1.82) is 0 Å². The molecule has 150 valence electrons. The average molecular weight is 410 g/mol. The molecular weight excluding hydrogens is 385 g/mol. The summed E-state index contributed by atoms with van der Waals surface area (Å²) in [4.78, 5) is 24.1. The second kappa shape index (κ2) is 8.91. The van der Waals surface area contributed by atoms with Gasteiger partial charge in [-0.3, -0.25) is 4.79 Å². The van der Waals surface area contributed by atoms with Gasteiger partial charge in [-0.2, -0.15) is 0 Å². The molecule has 29 heavy (non-hydrogen) atoms. The number of fused-ring (bicyclic) bond motifs is 1. The molecule has 1 fully saturated rings. The number of amides is 1. The number of hydrogen-bond donors (Lipinski definition) is 0. The van der Waals surface area contributed by atoms with Crippen LogP contribution in [-0.2, 0) is 4.79 Å². The van der Waals surface area contributed by atoms with Crippen molar-refractivity contribution in [3.8, 4) is 11.4 Å². The highest BCUT2D eigenvalue weighted by molar-refractivity contribution is 8.00. The third-order valence-electron chi connectivity index (χ3n) is 5.21. The monoisotopic (exact) mass is 409 g/mol. The Morgan fingerprint density at radius 2 is 1.76 bits per heavy atom. The number of nitrogens with zero attached hydrogens (tertiary/aromatic N) is 3. The van der Waals surface area contributed by atoms with Crippen LogP contribution < -0.4 is 0 Å². The summed E-state index contributed by atoms with van der Waals surface area (Å²) in [5, 5.41) is 1.73. The highest BCUT2D eigenvalue weighted by Gasteiger charge is 2.17. The zero-order valence-corrected chi connectivity index (χ0v) is 17.3. The predicted octanol–water partition coefficient (Wildman–Crippen LogP) is 5.24. The van der Waals surface area contributed by atoms with Gasteiger partial charge in [0, 0.05) is 24.0 Å². The molecule has 4 rings (SSSR count). The van der Waals surface area contributed by atoms with Gasteiger partial charge in [0.2, 0.25) is 5.91 Å². The van der Waals surface area contributed by atoms with Crippen LogP contribution >= 0.6 is 11.8 Å². The lowest BCUT2D eigenvalue weighted by atomic mass is 10.1. The third kappa shape index (κ3) is 4.75. The van der Waals surface area contributed by atoms with E-state index in [1.807, 2.05) is 30.0 Å². The molecule has 4 nitrogen and oxygen atoms in total. The van der Waals surface area contributed by atoms with Crippen LogP contribution in [0.1, 0.15) is 31.2 Å². The van der Waals surface area contributed by atoms with Gasteiger partial charge in [-0.25, -0.2) is 14.4 Å². The summed E-state index contributed by atoms with van der Waals surface area (Å²) in [7, 11) is 0. The number of likely N-dealkylation sites (tertiary alicyclic amines) is 1. The minimum atomic E-state index is -0.289. The molecule has 0 atom stereocenters. The smallest absolute Gasteiger partial charge is 0.232 e. The van der Waals surface area contributed by atoms with Gasteiger partial charge in [-0.1, -0.05) is 30.7 Å². The minimum absolute atomic E-state index is 0.166. The quantitative estimate of drug-likeness (QED) is 0.437. The molecule has 1 saturated heterocycles. The Hall–Kier alpha value is -2.47. The fourth-order valence-corrected chi connectivity index (χ4v) is 4.51. The molecule has 1 aliphatic heterocycles. The van der Waals surface area contributed by atoms with Gasteiger partial charge in [-0.15, -0.1) is 0 Å². The van der Waals surface area contributed by atoms with E-state index in [1.54, 1.807) is 12.1 Å². The molecule has 0 saturated carbocycles. The molecule has 3 aromatic rings. The molecule has 2 aromatic carbocycles. The largest absolute Gasteiger partial charge is 0.342 e. The molecule has 0 aliphatic carbocycles. The van der Waals surface area contributed by atoms with Crippen molar-refractivity contribution in [3.63, 3.8) is 0 Å². The Morgan fingerprint density at radius 3 is 2.48 bits per heavy atom. The van der Waals surface area contributed by atoms with Crippen LogP contribution in [0, 0.1) is 12.7 Å². The summed E-state index contributed by atoms with van der Waals surface area (Å²) >= 11 is 1.46. The van der Waals surface area contributed by atoms with Crippen molar-refractivity contribution >= 4 is 28.6 Å². The molecule has 0 unspecified atom stereocenters. The Morgan fingerprint density at radius 1 is 1.03 bits per heavy atom. The van der Waals surface area contributed by atoms with Crippen LogP contribution in [0.4, 0.5) is 4.39 Å². The number of aromatic nitrogens is 2. The normalized spacial score (nSPS) is 14.8. The van der Waals surface area contributed by atoms with Gasteiger partial charge < -0.3 is 4.90 Å². The second-order valence-electron chi connectivity index (χ2n) is 7.46. The molecule has 6 heteroatoms. The summed E-state index contributed by atoms with van der Waals surface area (Å²) in [6.45, 7) is 3.72. The number of hydrogen-bond acceptors (Lipinski definition) is 4. The number of halogens is 1. The Bertz CT molecular complexity index is 1010. The molecule has 1 aliphatic rings. The van der Waals surface area contributed by atoms with Crippen molar-refractivity contribution in [2.24, 2.45) is 0 Å². The van der Waals surface area contributed by atoms with E-state index in [0.717, 1.165) is 53.0 Å². The third-order valence-corrected chi connectivity index (χ3v) is 6.19. The van der Waals surface area contributed by atoms with Gasteiger partial charge in [0.25, 0.3) is 0 Å². The van der Waals surface area contributed by atoms with Crippen LogP contribution in [0.5, 0.6) is 0 Å². The summed E-state index contributed by atoms with van der Waals surface area (Å²) in [5.74, 6) is 0.790. The molecular formula is C23H24FN3OS. The number of carbonyl (C=O) groups excluding carboxylic acids is 1. The summed E-state index contributed by atoms with van der Waals surface area (Å²) in [5.41, 5.74) is 2.71. The summed E-state index contributed by atoms with van der Waals surface area (Å²) < 4.78 is 13.3. The van der Waals surface area contributed by atoms with Crippen molar-refractivity contribution in [3.05, 3.63) is 53.8 Å². The van der Waals surface area contributed by atoms with E-state index >= 15 is 0 Å². The maximum Gasteiger partial charge on any atom is 0.232 e. The summed E-state index contributed by atoms with van der Waals surface area (Å²) in [6.07, 6.45) is 4.57. The van der Waals surface area contributed by atoms with E-state index in [4.69, 9.17) is 4.98 Å². The van der Waals surface area contributed by atoms with Crippen LogP contribution in [0.2, 0.25) is 0 Å². The van der Waals surface area contributed by atoms with Gasteiger partial charge in [0.15, 0.2) is 5.82 Å². The Labute approximate surface area is 174 Å². The van der Waals surface area contributed by atoms with Gasteiger partial charge in [0.05, 0.1) is 11.3 Å². The van der Waals surface area contributed by atoms with Gasteiger partial charge in [-0.05, 0) is 61.7 Å². The van der Waals surface area contributed by atoms with Crippen LogP contribution in [-0.4, -0.2) is 39.6 Å². The topological polar surface area (TPSA) is 46.1 Å². The van der Waals surface area contributed by atoms with E-state index < -0.39 is 0 Å². The highest BCUT2D eigenvalue weighted by Crippen LogP contribution is 2.29. The molecule has 0 radical (unpaired) electrons. The van der Waals surface area contributed by atoms with Crippen molar-refractivity contribution in [2.45, 2.75) is 37.6 Å². The van der Waals surface area contributed by atoms with Crippen LogP contribution in [0.15, 0.2) is 47.5 Å². The Balaban J connectivity index is 1.63. The first kappa shape index (κ1) is 19.8. The number of thioether (sulfide) groups is 1. The fourth-order valence-electron chi connectivity index (χ4n) is 3.59. The van der Waals surface area contributed by atoms with E-state index in [-0.39, 0.29) is 11.7 Å². The maximum absolute atomic E-state index is 13.3. The van der Waals surface area contributed by atoms with E-state index in [9.17, 15) is 9.18 Å². The zero-order valence-electron chi connectivity index (χ0n) is 16.5. The van der Waals surface area contributed by atoms with Gasteiger partial charge >= 0.3 is 0 Å². The first-order valence-corrected chi connectivity index (χ1v) is 11.0. The van der Waals surface area contributed by atoms with Crippen molar-refractivity contribution < 1.29 is 9.18 Å². The average Bonchev–Trinajstić information content (AvgIpc) is 3.01. The van der Waals surface area contributed by atoms with Crippen LogP contribution in [0.25, 0.3) is 22.3 Å². The Kier molecular flexibility index (Phi) is 6.09. The van der Waals surface area contributed by atoms with Gasteiger partial charge in [0.1, 0.15) is 10.8 Å². The number of aryl methyl sites for hydroxylation is 1. The standard InChI is InChI=1S/C23H24FN3OS/c1-16-6-11-19-20(14-16)25-22(17-7-9-18(24)10-8-17)26-23(19)29-15-21(28)27-12-4-2-3-5-13-27/h6-11,14H,2-5,12-13,15H2,1H3. The SMILES string of the molecule is Cc1ccc2c(SCC(=O)N3CCCCCC3)nc(-c3ccc(F)cc3)nc2c1. The van der Waals surface area contributed by atoms with Crippen molar-refractivity contribution in [1.82, 2.24) is 14.9 Å². The fraction of sp³-hybridized carbons (Fsp3) is 0.348. The summed E-state index contributed by atoms with van der Waals surface area (Å²) in [6, 6.07) is 12.3. The molecule has 0 N–H and O–H groups in total. The number of carbonyl (C=O) groups is 1. The lowest BCUT2D eigenvalue weighted by Crippen LogP contribution is -2.33. The van der Waals surface area contributed by atoms with E-state index in [2.05, 4.69) is 4.98 Å². The first-order chi connectivity index (χ1) is 14.1. The van der Waals surface area contributed by atoms with Crippen LogP contribution in [0.3, 0.4) is 0 Å². The molecule has 0 bridgehead atoms. The first-order valence-electron chi connectivity index (χ1n) is 10.0. The number of rotatable bonds is 4. The minimum Gasteiger partial charge on any atom is -0.342 e. The van der Waals surface area contributed by atoms with E-state index in [0.29, 0.717) is 11.6 Å². The van der Waals surface area contributed by atoms with E-state index in [1.165, 1.54) is 36.7 Å². The lowest BCUT2D eigenvalue weighted by Gasteiger charge is -2.20. The molecule has 0 spiro atoms. The highest BCUT2D eigenvalue weighted by atomic mass is 32.2. The predicted molar refractivity (Wildman–Crippen MR) is 115 cm³/mol. The molecule has 1 amide bonds. The lowest BCUT2D eigenvalue weighted by molar-refractivity contribution is -0.128. The zero-order chi connectivity index (χ0) is 20.2. The van der Waals surface area contributed by atoms with Crippen molar-refractivity contribution in [2.75, 3.05) is 18.8 Å².